The summed E-state index contributed by atoms with van der Waals surface area (Å²) >= 11 is 0. The van der Waals surface area contributed by atoms with E-state index in [1.165, 1.54) is 12.4 Å². The van der Waals surface area contributed by atoms with Gasteiger partial charge in [-0.15, -0.1) is 0 Å². The first-order valence-corrected chi connectivity index (χ1v) is 8.35. The molecule has 138 valence electrons. The summed E-state index contributed by atoms with van der Waals surface area (Å²) in [5.41, 5.74) is 10.0. The van der Waals surface area contributed by atoms with Gasteiger partial charge >= 0.3 is 0 Å². The van der Waals surface area contributed by atoms with Gasteiger partial charge in [0.15, 0.2) is 0 Å². The lowest BCUT2D eigenvalue weighted by Crippen LogP contribution is -2.16. The lowest BCUT2D eigenvalue weighted by molar-refractivity contribution is 0.102. The Bertz CT molecular complexity index is 1130. The molecule has 0 bridgehead atoms. The summed E-state index contributed by atoms with van der Waals surface area (Å²) in [5, 5.41) is 27.8. The minimum Gasteiger partial charge on any atom is -0.398 e. The zero-order valence-corrected chi connectivity index (χ0v) is 15.3. The summed E-state index contributed by atoms with van der Waals surface area (Å²) in [6.07, 6.45) is 2.84. The summed E-state index contributed by atoms with van der Waals surface area (Å²) < 4.78 is 0. The number of benzene rings is 1. The molecule has 3 aromatic rings. The second-order valence-electron chi connectivity index (χ2n) is 6.22. The van der Waals surface area contributed by atoms with Crippen molar-refractivity contribution in [2.45, 2.75) is 13.8 Å². The predicted octanol–water partition coefficient (Wildman–Crippen LogP) is 2.61. The lowest BCUT2D eigenvalue weighted by Gasteiger charge is -2.12. The molecule has 0 spiro atoms. The summed E-state index contributed by atoms with van der Waals surface area (Å²) in [4.78, 5) is 16.6. The van der Waals surface area contributed by atoms with Crippen LogP contribution in [0.4, 0.5) is 11.4 Å². The molecule has 4 N–H and O–H groups in total. The van der Waals surface area contributed by atoms with E-state index in [9.17, 15) is 4.79 Å². The van der Waals surface area contributed by atoms with E-state index >= 15 is 0 Å². The standard InChI is InChI=1S/C20H17N7O/c1-11-5-13(8-21)9-24-19(11)20(28)26-15-3-4-17(22)16(7-15)18(23)14-6-12(2)27-25-10-14/h3-7,9-10,23H,22H2,1-2H3,(H,26,28). The van der Waals surface area contributed by atoms with E-state index in [4.69, 9.17) is 16.4 Å². The van der Waals surface area contributed by atoms with Crippen molar-refractivity contribution in [1.82, 2.24) is 15.2 Å². The third-order valence-corrected chi connectivity index (χ3v) is 4.07. The average Bonchev–Trinajstić information content (AvgIpc) is 2.68. The van der Waals surface area contributed by atoms with Crippen LogP contribution in [0.15, 0.2) is 42.7 Å². The fourth-order valence-corrected chi connectivity index (χ4v) is 2.68. The van der Waals surface area contributed by atoms with Crippen molar-refractivity contribution in [3.05, 3.63) is 76.4 Å². The number of carbonyl (C=O) groups is 1. The molecule has 0 unspecified atom stereocenters. The molecule has 0 aliphatic carbocycles. The molecule has 0 fully saturated rings. The number of amides is 1. The van der Waals surface area contributed by atoms with Gasteiger partial charge in [0.1, 0.15) is 11.8 Å². The number of pyridine rings is 1. The third-order valence-electron chi connectivity index (χ3n) is 4.07. The zero-order chi connectivity index (χ0) is 20.3. The Morgan fingerprint density at radius 3 is 2.68 bits per heavy atom. The number of aromatic nitrogens is 3. The zero-order valence-electron chi connectivity index (χ0n) is 15.3. The maximum absolute atomic E-state index is 12.6. The number of nitrogens with one attached hydrogen (secondary N) is 2. The van der Waals surface area contributed by atoms with E-state index < -0.39 is 5.91 Å². The van der Waals surface area contributed by atoms with Crippen molar-refractivity contribution >= 4 is 23.0 Å². The van der Waals surface area contributed by atoms with E-state index in [0.29, 0.717) is 39.3 Å². The first-order chi connectivity index (χ1) is 13.4. The van der Waals surface area contributed by atoms with Crippen LogP contribution in [-0.4, -0.2) is 26.8 Å². The molecule has 1 aromatic carbocycles. The van der Waals surface area contributed by atoms with Gasteiger partial charge in [-0.1, -0.05) is 0 Å². The molecular weight excluding hydrogens is 354 g/mol. The largest absolute Gasteiger partial charge is 0.398 e. The molecule has 0 aliphatic rings. The molecule has 8 nitrogen and oxygen atoms in total. The van der Waals surface area contributed by atoms with Crippen molar-refractivity contribution in [1.29, 1.82) is 10.7 Å². The summed E-state index contributed by atoms with van der Waals surface area (Å²) in [7, 11) is 0. The van der Waals surface area contributed by atoms with Gasteiger partial charge in [-0.3, -0.25) is 10.2 Å². The summed E-state index contributed by atoms with van der Waals surface area (Å²) in [5.74, 6) is -0.411. The second kappa shape index (κ2) is 7.63. The summed E-state index contributed by atoms with van der Waals surface area (Å²) in [6, 6.07) is 10.2. The molecule has 2 heterocycles. The SMILES string of the molecule is Cc1cc(C(=N)c2cc(NC(=O)c3ncc(C#N)cc3C)ccc2N)cnn1. The number of aryl methyl sites for hydroxylation is 2. The Kier molecular flexibility index (Phi) is 5.09. The van der Waals surface area contributed by atoms with E-state index in [1.54, 1.807) is 44.2 Å². The number of hydrogen-bond acceptors (Lipinski definition) is 7. The van der Waals surface area contributed by atoms with Gasteiger partial charge in [0, 0.05) is 28.7 Å². The van der Waals surface area contributed by atoms with Crippen LogP contribution in [0.1, 0.15) is 38.4 Å². The van der Waals surface area contributed by atoms with Crippen LogP contribution >= 0.6 is 0 Å². The normalized spacial score (nSPS) is 10.2. The van der Waals surface area contributed by atoms with Crippen LogP contribution in [0.2, 0.25) is 0 Å². The van der Waals surface area contributed by atoms with E-state index in [2.05, 4.69) is 20.5 Å². The van der Waals surface area contributed by atoms with Gasteiger partial charge < -0.3 is 11.1 Å². The Balaban J connectivity index is 1.88. The smallest absolute Gasteiger partial charge is 0.274 e. The van der Waals surface area contributed by atoms with Crippen molar-refractivity contribution in [3.8, 4) is 6.07 Å². The molecule has 0 atom stereocenters. The topological polar surface area (TPSA) is 141 Å². The predicted molar refractivity (Wildman–Crippen MR) is 105 cm³/mol. The number of carbonyl (C=O) groups excluding carboxylic acids is 1. The minimum absolute atomic E-state index is 0.180. The fourth-order valence-electron chi connectivity index (χ4n) is 2.68. The maximum atomic E-state index is 12.6. The number of hydrogen-bond donors (Lipinski definition) is 3. The van der Waals surface area contributed by atoms with Crippen molar-refractivity contribution < 1.29 is 4.79 Å². The van der Waals surface area contributed by atoms with Crippen LogP contribution < -0.4 is 11.1 Å². The van der Waals surface area contributed by atoms with Crippen molar-refractivity contribution in [2.75, 3.05) is 11.1 Å². The number of anilines is 2. The van der Waals surface area contributed by atoms with Crippen molar-refractivity contribution in [2.24, 2.45) is 0 Å². The van der Waals surface area contributed by atoms with E-state index in [-0.39, 0.29) is 11.4 Å². The highest BCUT2D eigenvalue weighted by atomic mass is 16.1. The average molecular weight is 371 g/mol. The number of nitrogen functional groups attached to an aromatic ring is 1. The van der Waals surface area contributed by atoms with Crippen LogP contribution in [0.3, 0.4) is 0 Å². The first kappa shape index (κ1) is 18.7. The van der Waals surface area contributed by atoms with Gasteiger partial charge in [-0.25, -0.2) is 4.98 Å². The minimum atomic E-state index is -0.411. The molecule has 8 heteroatoms. The van der Waals surface area contributed by atoms with E-state index in [0.717, 1.165) is 0 Å². The Hall–Kier alpha value is -4.12. The third kappa shape index (κ3) is 3.83. The molecule has 0 saturated heterocycles. The highest BCUT2D eigenvalue weighted by molar-refractivity contribution is 6.14. The molecule has 3 rings (SSSR count). The van der Waals surface area contributed by atoms with Crippen molar-refractivity contribution in [3.63, 3.8) is 0 Å². The highest BCUT2D eigenvalue weighted by Gasteiger charge is 2.15. The van der Waals surface area contributed by atoms with Crippen LogP contribution in [-0.2, 0) is 0 Å². The van der Waals surface area contributed by atoms with Gasteiger partial charge in [-0.2, -0.15) is 15.5 Å². The van der Waals surface area contributed by atoms with Gasteiger partial charge in [-0.05, 0) is 49.7 Å². The van der Waals surface area contributed by atoms with Crippen LogP contribution in [0.25, 0.3) is 0 Å². The van der Waals surface area contributed by atoms with Gasteiger partial charge in [0.25, 0.3) is 5.91 Å². The van der Waals surface area contributed by atoms with Gasteiger partial charge in [0.05, 0.1) is 23.2 Å². The quantitative estimate of drug-likeness (QED) is 0.475. The second-order valence-corrected chi connectivity index (χ2v) is 6.22. The molecule has 1 amide bonds. The highest BCUT2D eigenvalue weighted by Crippen LogP contribution is 2.22. The molecule has 28 heavy (non-hydrogen) atoms. The van der Waals surface area contributed by atoms with E-state index in [1.807, 2.05) is 6.07 Å². The number of nitrogens with two attached hydrogens (primary N) is 1. The Morgan fingerprint density at radius 2 is 2.00 bits per heavy atom. The first-order valence-electron chi connectivity index (χ1n) is 8.35. The maximum Gasteiger partial charge on any atom is 0.274 e. The Labute approximate surface area is 161 Å². The lowest BCUT2D eigenvalue weighted by atomic mass is 10.0. The molecular formula is C20H17N7O. The summed E-state index contributed by atoms with van der Waals surface area (Å²) in [6.45, 7) is 3.50. The van der Waals surface area contributed by atoms with Crippen LogP contribution in [0, 0.1) is 30.6 Å². The molecule has 2 aromatic heterocycles. The molecule has 0 radical (unpaired) electrons. The fraction of sp³-hybridized carbons (Fsp3) is 0.100. The Morgan fingerprint density at radius 1 is 1.21 bits per heavy atom. The molecule has 0 saturated carbocycles. The van der Waals surface area contributed by atoms with Gasteiger partial charge in [0.2, 0.25) is 0 Å². The van der Waals surface area contributed by atoms with Crippen LogP contribution in [0.5, 0.6) is 0 Å². The monoisotopic (exact) mass is 371 g/mol. The number of nitriles is 1. The number of rotatable bonds is 4. The number of nitrogens with zero attached hydrogens (tertiary/aromatic N) is 4. The molecule has 0 aliphatic heterocycles.